The number of aryl methyl sites for hydroxylation is 2. The van der Waals surface area contributed by atoms with E-state index >= 15 is 0 Å². The minimum absolute atomic E-state index is 0.0670. The van der Waals surface area contributed by atoms with Gasteiger partial charge in [0.15, 0.2) is 0 Å². The molecule has 3 rings (SSSR count). The summed E-state index contributed by atoms with van der Waals surface area (Å²) < 4.78 is 1.76. The Morgan fingerprint density at radius 2 is 1.83 bits per heavy atom. The van der Waals surface area contributed by atoms with E-state index in [0.717, 1.165) is 43.0 Å². The molecule has 1 amide bonds. The van der Waals surface area contributed by atoms with Crippen LogP contribution in [-0.4, -0.2) is 63.7 Å². The summed E-state index contributed by atoms with van der Waals surface area (Å²) in [6.07, 6.45) is 1.99. The molecule has 128 valence electrons. The zero-order chi connectivity index (χ0) is 17.3. The fourth-order valence-corrected chi connectivity index (χ4v) is 3.24. The lowest BCUT2D eigenvalue weighted by Crippen LogP contribution is -2.44. The van der Waals surface area contributed by atoms with Gasteiger partial charge in [0.1, 0.15) is 5.82 Å². The fourth-order valence-electron chi connectivity index (χ4n) is 3.24. The SMILES string of the molecule is Cc1ccccc1-n1nc(C(=O)N2CCC(N(C)C)CC2)nc1C. The van der Waals surface area contributed by atoms with E-state index in [0.29, 0.717) is 11.9 Å². The summed E-state index contributed by atoms with van der Waals surface area (Å²) in [6, 6.07) is 8.54. The Balaban J connectivity index is 1.78. The molecule has 0 aliphatic carbocycles. The number of aromatic nitrogens is 3. The predicted octanol–water partition coefficient (Wildman–Crippen LogP) is 2.05. The van der Waals surface area contributed by atoms with Gasteiger partial charge in [0, 0.05) is 19.1 Å². The number of carbonyl (C=O) groups excluding carboxylic acids is 1. The zero-order valence-corrected chi connectivity index (χ0v) is 14.9. The third-order valence-electron chi connectivity index (χ3n) is 4.79. The second-order valence-corrected chi connectivity index (χ2v) is 6.67. The van der Waals surface area contributed by atoms with Crippen molar-refractivity contribution < 1.29 is 4.79 Å². The van der Waals surface area contributed by atoms with Crippen LogP contribution in [-0.2, 0) is 0 Å². The molecule has 1 aromatic carbocycles. The Kier molecular flexibility index (Phi) is 4.66. The van der Waals surface area contributed by atoms with Crippen LogP contribution < -0.4 is 0 Å². The molecule has 1 aromatic heterocycles. The van der Waals surface area contributed by atoms with Crippen molar-refractivity contribution in [2.45, 2.75) is 32.7 Å². The van der Waals surface area contributed by atoms with E-state index in [4.69, 9.17) is 0 Å². The van der Waals surface area contributed by atoms with Crippen molar-refractivity contribution in [3.63, 3.8) is 0 Å². The average molecular weight is 327 g/mol. The Labute approximate surface area is 143 Å². The molecule has 0 radical (unpaired) electrons. The highest BCUT2D eigenvalue weighted by Crippen LogP contribution is 2.18. The average Bonchev–Trinajstić information content (AvgIpc) is 2.96. The van der Waals surface area contributed by atoms with Crippen LogP contribution in [0.15, 0.2) is 24.3 Å². The van der Waals surface area contributed by atoms with Gasteiger partial charge in [-0.2, -0.15) is 0 Å². The number of nitrogens with zero attached hydrogens (tertiary/aromatic N) is 5. The van der Waals surface area contributed by atoms with E-state index in [1.165, 1.54) is 0 Å². The maximum atomic E-state index is 12.7. The molecule has 6 heteroatoms. The number of para-hydroxylation sites is 1. The van der Waals surface area contributed by atoms with E-state index in [1.54, 1.807) is 4.68 Å². The maximum absolute atomic E-state index is 12.7. The Morgan fingerprint density at radius 1 is 1.17 bits per heavy atom. The van der Waals surface area contributed by atoms with Gasteiger partial charge in [0.2, 0.25) is 5.82 Å². The van der Waals surface area contributed by atoms with Crippen molar-refractivity contribution in [1.82, 2.24) is 24.6 Å². The molecule has 24 heavy (non-hydrogen) atoms. The molecule has 6 nitrogen and oxygen atoms in total. The number of piperidine rings is 1. The molecule has 1 aliphatic heterocycles. The van der Waals surface area contributed by atoms with Gasteiger partial charge >= 0.3 is 0 Å². The summed E-state index contributed by atoms with van der Waals surface area (Å²) in [5.74, 6) is 0.956. The number of carbonyl (C=O) groups is 1. The summed E-state index contributed by atoms with van der Waals surface area (Å²) in [4.78, 5) is 21.2. The largest absolute Gasteiger partial charge is 0.336 e. The van der Waals surface area contributed by atoms with Crippen molar-refractivity contribution in [2.24, 2.45) is 0 Å². The molecule has 1 saturated heterocycles. The molecule has 2 heterocycles. The first-order valence-corrected chi connectivity index (χ1v) is 8.42. The van der Waals surface area contributed by atoms with Gasteiger partial charge < -0.3 is 9.80 Å². The number of likely N-dealkylation sites (tertiary alicyclic amines) is 1. The van der Waals surface area contributed by atoms with Crippen LogP contribution >= 0.6 is 0 Å². The third-order valence-corrected chi connectivity index (χ3v) is 4.79. The normalized spacial score (nSPS) is 16.0. The van der Waals surface area contributed by atoms with Gasteiger partial charge in [-0.3, -0.25) is 4.79 Å². The summed E-state index contributed by atoms with van der Waals surface area (Å²) in [5, 5.41) is 4.47. The van der Waals surface area contributed by atoms with Gasteiger partial charge in [-0.05, 0) is 52.4 Å². The molecule has 2 aromatic rings. The number of hydrogen-bond donors (Lipinski definition) is 0. The molecule has 0 unspecified atom stereocenters. The van der Waals surface area contributed by atoms with E-state index < -0.39 is 0 Å². The first-order chi connectivity index (χ1) is 11.5. The fraction of sp³-hybridized carbons (Fsp3) is 0.500. The summed E-state index contributed by atoms with van der Waals surface area (Å²) >= 11 is 0. The van der Waals surface area contributed by atoms with Crippen LogP contribution in [0.4, 0.5) is 0 Å². The topological polar surface area (TPSA) is 54.3 Å². The van der Waals surface area contributed by atoms with Gasteiger partial charge in [-0.25, -0.2) is 9.67 Å². The quantitative estimate of drug-likeness (QED) is 0.866. The number of benzene rings is 1. The highest BCUT2D eigenvalue weighted by Gasteiger charge is 2.27. The van der Waals surface area contributed by atoms with E-state index in [-0.39, 0.29) is 5.91 Å². The minimum Gasteiger partial charge on any atom is -0.336 e. The second kappa shape index (κ2) is 6.73. The highest BCUT2D eigenvalue weighted by atomic mass is 16.2. The van der Waals surface area contributed by atoms with Crippen LogP contribution in [0, 0.1) is 13.8 Å². The molecule has 0 N–H and O–H groups in total. The van der Waals surface area contributed by atoms with Crippen LogP contribution in [0.25, 0.3) is 5.69 Å². The Hall–Kier alpha value is -2.21. The molecule has 0 atom stereocenters. The number of hydrogen-bond acceptors (Lipinski definition) is 4. The summed E-state index contributed by atoms with van der Waals surface area (Å²) in [6.45, 7) is 5.44. The van der Waals surface area contributed by atoms with Crippen LogP contribution in [0.3, 0.4) is 0 Å². The predicted molar refractivity (Wildman–Crippen MR) is 93.4 cm³/mol. The Morgan fingerprint density at radius 3 is 2.46 bits per heavy atom. The smallest absolute Gasteiger partial charge is 0.293 e. The van der Waals surface area contributed by atoms with Gasteiger partial charge in [-0.15, -0.1) is 5.10 Å². The standard InChI is InChI=1S/C18H25N5O/c1-13-7-5-6-8-16(13)23-14(2)19-17(20-23)18(24)22-11-9-15(10-12-22)21(3)4/h5-8,15H,9-12H2,1-4H3. The number of amides is 1. The minimum atomic E-state index is -0.0670. The molecular formula is C18H25N5O. The van der Waals surface area contributed by atoms with Crippen LogP contribution in [0.1, 0.15) is 34.8 Å². The van der Waals surface area contributed by atoms with Gasteiger partial charge in [-0.1, -0.05) is 18.2 Å². The first kappa shape index (κ1) is 16.6. The molecular weight excluding hydrogens is 302 g/mol. The van der Waals surface area contributed by atoms with Crippen molar-refractivity contribution in [2.75, 3.05) is 27.2 Å². The molecule has 1 fully saturated rings. The lowest BCUT2D eigenvalue weighted by molar-refractivity contribution is 0.0651. The molecule has 0 saturated carbocycles. The van der Waals surface area contributed by atoms with Crippen molar-refractivity contribution in [3.05, 3.63) is 41.5 Å². The maximum Gasteiger partial charge on any atom is 0.293 e. The lowest BCUT2D eigenvalue weighted by Gasteiger charge is -2.34. The second-order valence-electron chi connectivity index (χ2n) is 6.67. The van der Waals surface area contributed by atoms with Crippen molar-refractivity contribution in [1.29, 1.82) is 0 Å². The molecule has 1 aliphatic rings. The van der Waals surface area contributed by atoms with Gasteiger partial charge in [0.25, 0.3) is 5.91 Å². The summed E-state index contributed by atoms with van der Waals surface area (Å²) in [7, 11) is 4.19. The monoisotopic (exact) mass is 327 g/mol. The highest BCUT2D eigenvalue weighted by molar-refractivity contribution is 5.90. The van der Waals surface area contributed by atoms with Crippen LogP contribution in [0.5, 0.6) is 0 Å². The zero-order valence-electron chi connectivity index (χ0n) is 14.9. The summed E-state index contributed by atoms with van der Waals surface area (Å²) in [5.41, 5.74) is 2.07. The number of rotatable bonds is 3. The third kappa shape index (κ3) is 3.19. The van der Waals surface area contributed by atoms with Crippen molar-refractivity contribution in [3.8, 4) is 5.69 Å². The molecule has 0 spiro atoms. The van der Waals surface area contributed by atoms with E-state index in [9.17, 15) is 4.79 Å². The first-order valence-electron chi connectivity index (χ1n) is 8.42. The van der Waals surface area contributed by atoms with E-state index in [1.807, 2.05) is 43.0 Å². The van der Waals surface area contributed by atoms with Crippen molar-refractivity contribution >= 4 is 5.91 Å². The Bertz CT molecular complexity index is 729. The lowest BCUT2D eigenvalue weighted by atomic mass is 10.0. The molecule has 0 bridgehead atoms. The van der Waals surface area contributed by atoms with E-state index in [2.05, 4.69) is 29.1 Å². The van der Waals surface area contributed by atoms with Gasteiger partial charge in [0.05, 0.1) is 5.69 Å². The van der Waals surface area contributed by atoms with Crippen LogP contribution in [0.2, 0.25) is 0 Å².